The van der Waals surface area contributed by atoms with E-state index in [1.807, 2.05) is 54.6 Å². The van der Waals surface area contributed by atoms with Gasteiger partial charge >= 0.3 is 0 Å². The van der Waals surface area contributed by atoms with Crippen LogP contribution < -0.4 is 0 Å². The highest BCUT2D eigenvalue weighted by Crippen LogP contribution is 2.37. The lowest BCUT2D eigenvalue weighted by atomic mass is 9.96. The van der Waals surface area contributed by atoms with Crippen LogP contribution >= 0.6 is 0 Å². The molecule has 1 N–H and O–H groups in total. The Bertz CT molecular complexity index is 746. The molecule has 3 nitrogen and oxygen atoms in total. The summed E-state index contributed by atoms with van der Waals surface area (Å²) in [5.41, 5.74) is 4.65. The molecule has 0 bridgehead atoms. The summed E-state index contributed by atoms with van der Waals surface area (Å²) in [4.78, 5) is 12.2. The molecule has 0 aliphatic heterocycles. The van der Waals surface area contributed by atoms with Crippen molar-refractivity contribution < 1.29 is 13.6 Å². The first kappa shape index (κ1) is 14.9. The fraction of sp³-hybridized carbons (Fsp3) is 0.167. The van der Waals surface area contributed by atoms with E-state index < -0.39 is 11.1 Å². The molecule has 22 heavy (non-hydrogen) atoms. The topological polar surface area (TPSA) is 54.4 Å². The fourth-order valence-corrected chi connectivity index (χ4v) is 3.31. The average Bonchev–Trinajstić information content (AvgIpc) is 2.90. The van der Waals surface area contributed by atoms with Gasteiger partial charge in [0, 0.05) is 12.0 Å². The summed E-state index contributed by atoms with van der Waals surface area (Å²) < 4.78 is 19.8. The Balaban J connectivity index is 1.99. The van der Waals surface area contributed by atoms with E-state index in [0.717, 1.165) is 34.3 Å². The van der Waals surface area contributed by atoms with Crippen LogP contribution in [0, 0.1) is 0 Å². The van der Waals surface area contributed by atoms with Crippen molar-refractivity contribution in [1.82, 2.24) is 0 Å². The Morgan fingerprint density at radius 2 is 1.59 bits per heavy atom. The van der Waals surface area contributed by atoms with E-state index in [0.29, 0.717) is 6.42 Å². The van der Waals surface area contributed by atoms with Crippen LogP contribution in [0.25, 0.3) is 11.1 Å². The first-order valence-electron chi connectivity index (χ1n) is 7.13. The quantitative estimate of drug-likeness (QED) is 0.876. The first-order valence-corrected chi connectivity index (χ1v) is 8.41. The molecular weight excluding hydrogens is 296 g/mol. The van der Waals surface area contributed by atoms with Crippen LogP contribution in [-0.4, -0.2) is 14.5 Å². The number of hydrogen-bond acceptors (Lipinski definition) is 2. The van der Waals surface area contributed by atoms with Crippen molar-refractivity contribution in [3.05, 3.63) is 71.3 Å². The lowest BCUT2D eigenvalue weighted by Crippen LogP contribution is -1.96. The minimum Gasteiger partial charge on any atom is -0.306 e. The summed E-state index contributed by atoms with van der Waals surface area (Å²) in [5.74, 6) is 0.311. The Kier molecular flexibility index (Phi) is 4.32. The monoisotopic (exact) mass is 312 g/mol. The standard InChI is InChI=1S/C18H16O3S/c19-17-11-10-16(18(17)15-4-2-1-3-5-15)14-8-6-13(7-9-14)12-22(20)21/h1-9H,10-12H2,(H,20,21). The van der Waals surface area contributed by atoms with Gasteiger partial charge in [-0.15, -0.1) is 0 Å². The van der Waals surface area contributed by atoms with Crippen LogP contribution in [0.15, 0.2) is 54.6 Å². The highest BCUT2D eigenvalue weighted by Gasteiger charge is 2.24. The Morgan fingerprint density at radius 3 is 2.23 bits per heavy atom. The summed E-state index contributed by atoms with van der Waals surface area (Å²) in [6, 6.07) is 17.3. The van der Waals surface area contributed by atoms with Crippen LogP contribution in [0.3, 0.4) is 0 Å². The third-order valence-corrected chi connectivity index (χ3v) is 4.42. The zero-order valence-corrected chi connectivity index (χ0v) is 12.8. The number of Topliss-reactive ketones (excluding diaryl/α,β-unsaturated/α-hetero) is 1. The average molecular weight is 312 g/mol. The van der Waals surface area contributed by atoms with Crippen LogP contribution in [0.5, 0.6) is 0 Å². The molecule has 0 spiro atoms. The number of ketones is 1. The first-order chi connectivity index (χ1) is 10.6. The number of hydrogen-bond donors (Lipinski definition) is 1. The molecule has 0 amide bonds. The molecule has 0 saturated heterocycles. The van der Waals surface area contributed by atoms with Gasteiger partial charge in [-0.1, -0.05) is 54.6 Å². The number of carbonyl (C=O) groups is 1. The maximum Gasteiger partial charge on any atom is 0.164 e. The van der Waals surface area contributed by atoms with E-state index in [9.17, 15) is 9.00 Å². The fourth-order valence-electron chi connectivity index (χ4n) is 2.83. The number of benzene rings is 2. The van der Waals surface area contributed by atoms with Gasteiger partial charge in [0.2, 0.25) is 0 Å². The van der Waals surface area contributed by atoms with E-state index >= 15 is 0 Å². The SMILES string of the molecule is O=C1CCC(c2ccc(CS(=O)O)cc2)=C1c1ccccc1. The Morgan fingerprint density at radius 1 is 0.909 bits per heavy atom. The minimum absolute atomic E-state index is 0.129. The molecule has 2 aromatic rings. The molecule has 0 radical (unpaired) electrons. The summed E-state index contributed by atoms with van der Waals surface area (Å²) in [6.07, 6.45) is 1.29. The van der Waals surface area contributed by atoms with Gasteiger partial charge < -0.3 is 4.55 Å². The van der Waals surface area contributed by atoms with E-state index in [4.69, 9.17) is 4.55 Å². The van der Waals surface area contributed by atoms with Crippen molar-refractivity contribution >= 4 is 28.0 Å². The van der Waals surface area contributed by atoms with Gasteiger partial charge in [-0.3, -0.25) is 4.79 Å². The predicted molar refractivity (Wildman–Crippen MR) is 88.4 cm³/mol. The van der Waals surface area contributed by atoms with Crippen molar-refractivity contribution in [2.75, 3.05) is 0 Å². The highest BCUT2D eigenvalue weighted by atomic mass is 32.2. The lowest BCUT2D eigenvalue weighted by Gasteiger charge is -2.08. The molecule has 0 heterocycles. The second kappa shape index (κ2) is 6.38. The van der Waals surface area contributed by atoms with E-state index in [2.05, 4.69) is 0 Å². The molecule has 1 aliphatic carbocycles. The van der Waals surface area contributed by atoms with Crippen LogP contribution in [0.4, 0.5) is 0 Å². The van der Waals surface area contributed by atoms with Gasteiger partial charge in [0.25, 0.3) is 0 Å². The molecule has 4 heteroatoms. The van der Waals surface area contributed by atoms with E-state index in [-0.39, 0.29) is 11.5 Å². The second-order valence-electron chi connectivity index (χ2n) is 5.31. The molecule has 1 aliphatic rings. The minimum atomic E-state index is -1.83. The zero-order valence-electron chi connectivity index (χ0n) is 12.0. The van der Waals surface area contributed by atoms with Crippen LogP contribution in [0.1, 0.15) is 29.5 Å². The van der Waals surface area contributed by atoms with Gasteiger partial charge in [0.05, 0.1) is 5.75 Å². The van der Waals surface area contributed by atoms with Gasteiger partial charge in [-0.2, -0.15) is 0 Å². The molecular formula is C18H16O3S. The van der Waals surface area contributed by atoms with Crippen molar-refractivity contribution in [3.63, 3.8) is 0 Å². The zero-order chi connectivity index (χ0) is 15.5. The van der Waals surface area contributed by atoms with Crippen LogP contribution in [0.2, 0.25) is 0 Å². The molecule has 0 aromatic heterocycles. The van der Waals surface area contributed by atoms with Crippen molar-refractivity contribution in [2.24, 2.45) is 0 Å². The predicted octanol–water partition coefficient (Wildman–Crippen LogP) is 3.68. The van der Waals surface area contributed by atoms with Gasteiger partial charge in [0.15, 0.2) is 16.9 Å². The third-order valence-electron chi connectivity index (χ3n) is 3.84. The summed E-state index contributed by atoms with van der Waals surface area (Å²) in [7, 11) is 0. The maximum atomic E-state index is 12.2. The molecule has 2 aromatic carbocycles. The van der Waals surface area contributed by atoms with E-state index in [1.165, 1.54) is 0 Å². The van der Waals surface area contributed by atoms with Crippen molar-refractivity contribution in [2.45, 2.75) is 18.6 Å². The van der Waals surface area contributed by atoms with Gasteiger partial charge in [-0.05, 0) is 28.7 Å². The van der Waals surface area contributed by atoms with E-state index in [1.54, 1.807) is 0 Å². The van der Waals surface area contributed by atoms with Crippen molar-refractivity contribution in [1.29, 1.82) is 0 Å². The number of allylic oxidation sites excluding steroid dienone is 2. The normalized spacial score (nSPS) is 16.1. The summed E-state index contributed by atoms with van der Waals surface area (Å²) in [5, 5.41) is 0. The molecule has 112 valence electrons. The molecule has 1 unspecified atom stereocenters. The third kappa shape index (κ3) is 3.08. The second-order valence-corrected chi connectivity index (χ2v) is 6.24. The molecule has 3 rings (SSSR count). The number of rotatable bonds is 4. The van der Waals surface area contributed by atoms with Crippen molar-refractivity contribution in [3.8, 4) is 0 Å². The highest BCUT2D eigenvalue weighted by molar-refractivity contribution is 7.78. The largest absolute Gasteiger partial charge is 0.306 e. The Hall–Kier alpha value is -2.04. The smallest absolute Gasteiger partial charge is 0.164 e. The molecule has 0 saturated carbocycles. The summed E-state index contributed by atoms with van der Waals surface area (Å²) >= 11 is -1.83. The Labute approximate surface area is 132 Å². The lowest BCUT2D eigenvalue weighted by molar-refractivity contribution is -0.113. The van der Waals surface area contributed by atoms with Gasteiger partial charge in [0.1, 0.15) is 0 Å². The maximum absolute atomic E-state index is 12.2. The molecule has 0 fully saturated rings. The van der Waals surface area contributed by atoms with Crippen LogP contribution in [-0.2, 0) is 21.6 Å². The number of carbonyl (C=O) groups excluding carboxylic acids is 1. The molecule has 1 atom stereocenters. The van der Waals surface area contributed by atoms with Gasteiger partial charge in [-0.25, -0.2) is 4.21 Å². The summed E-state index contributed by atoms with van der Waals surface area (Å²) in [6.45, 7) is 0.